The van der Waals surface area contributed by atoms with Crippen molar-refractivity contribution in [1.29, 1.82) is 0 Å². The lowest BCUT2D eigenvalue weighted by atomic mass is 9.94. The Morgan fingerprint density at radius 3 is 2.10 bits per heavy atom. The molecular formula is C28H47N5O9. The van der Waals surface area contributed by atoms with Gasteiger partial charge in [0, 0.05) is 56.8 Å². The smallest absolute Gasteiger partial charge is 0.246 e. The van der Waals surface area contributed by atoms with Crippen molar-refractivity contribution < 1.29 is 42.9 Å². The van der Waals surface area contributed by atoms with Gasteiger partial charge in [-0.05, 0) is 32.6 Å². The van der Waals surface area contributed by atoms with Crippen molar-refractivity contribution >= 4 is 29.3 Å². The van der Waals surface area contributed by atoms with Crippen LogP contribution in [0.5, 0.6) is 0 Å². The number of carbonyl (C=O) groups excluding carboxylic acids is 5. The van der Waals surface area contributed by atoms with Crippen molar-refractivity contribution in [3.63, 3.8) is 0 Å². The van der Waals surface area contributed by atoms with E-state index in [1.807, 2.05) is 0 Å². The van der Waals surface area contributed by atoms with E-state index in [-0.39, 0.29) is 56.2 Å². The summed E-state index contributed by atoms with van der Waals surface area (Å²) in [6, 6.07) is 0. The average molecular weight is 598 g/mol. The second kappa shape index (κ2) is 24.4. The van der Waals surface area contributed by atoms with E-state index in [9.17, 15) is 24.0 Å². The Bertz CT molecular complexity index is 912. The summed E-state index contributed by atoms with van der Waals surface area (Å²) in [5, 5.41) is 5.41. The number of imidazole rings is 1. The third-order valence-corrected chi connectivity index (χ3v) is 6.00. The number of primary amides is 1. The number of aromatic nitrogens is 2. The maximum atomic E-state index is 12.2. The van der Waals surface area contributed by atoms with Crippen LogP contribution in [0.1, 0.15) is 57.6 Å². The van der Waals surface area contributed by atoms with Gasteiger partial charge in [-0.2, -0.15) is 0 Å². The molecule has 0 unspecified atom stereocenters. The Labute approximate surface area is 247 Å². The lowest BCUT2D eigenvalue weighted by molar-refractivity contribution is -0.127. The number of hydrogen-bond acceptors (Lipinski definition) is 10. The molecule has 0 spiro atoms. The second-order valence-electron chi connectivity index (χ2n) is 9.75. The van der Waals surface area contributed by atoms with Crippen LogP contribution in [-0.4, -0.2) is 105 Å². The molecule has 3 amide bonds. The molecule has 14 nitrogen and oxygen atoms in total. The van der Waals surface area contributed by atoms with Crippen molar-refractivity contribution in [2.75, 3.05) is 65.9 Å². The standard InChI is InChI=1S/C28H47N5O9/c1-22(34)5-4-11-39-13-15-41-20-27(37)32-10-12-40-14-16-42-19-26(36)31-9-3-2-6-23(28(29)38)17-25(35)8-7-24-18-30-21-33-24/h18,21,23H,2-17,19-20H2,1H3,(H2,29,38)(H,30,33)(H,31,36)(H,32,37)/t23-/m1/s1. The van der Waals surface area contributed by atoms with Gasteiger partial charge in [0.25, 0.3) is 0 Å². The number of ketones is 2. The number of aryl methyl sites for hydroxylation is 1. The fraction of sp³-hybridized carbons (Fsp3) is 0.714. The van der Waals surface area contributed by atoms with E-state index in [0.29, 0.717) is 84.5 Å². The molecule has 0 fully saturated rings. The van der Waals surface area contributed by atoms with Gasteiger partial charge in [-0.25, -0.2) is 4.98 Å². The number of carbonyl (C=O) groups is 5. The van der Waals surface area contributed by atoms with Crippen LogP contribution in [0.2, 0.25) is 0 Å². The zero-order chi connectivity index (χ0) is 30.8. The molecule has 5 N–H and O–H groups in total. The molecule has 1 atom stereocenters. The van der Waals surface area contributed by atoms with Crippen molar-refractivity contribution in [2.45, 2.75) is 58.3 Å². The molecule has 0 aliphatic heterocycles. The number of H-pyrrole nitrogens is 1. The van der Waals surface area contributed by atoms with Crippen LogP contribution < -0.4 is 16.4 Å². The molecule has 1 heterocycles. The molecule has 0 aliphatic rings. The van der Waals surface area contributed by atoms with Gasteiger partial charge < -0.3 is 45.1 Å². The SMILES string of the molecule is CC(=O)CCCOCCOCC(=O)NCCOCCOCC(=O)NCCCC[C@H](CC(=O)CCc1cnc[nH]1)C(N)=O. The maximum absolute atomic E-state index is 12.2. The highest BCUT2D eigenvalue weighted by Crippen LogP contribution is 2.15. The predicted octanol–water partition coefficient (Wildman–Crippen LogP) is 0.241. The number of aromatic amines is 1. The molecule has 0 radical (unpaired) electrons. The normalized spacial score (nSPS) is 11.6. The molecule has 0 saturated carbocycles. The Hall–Kier alpha value is -3.20. The van der Waals surface area contributed by atoms with Crippen LogP contribution in [0.25, 0.3) is 0 Å². The number of unbranched alkanes of at least 4 members (excludes halogenated alkanes) is 1. The van der Waals surface area contributed by atoms with Crippen molar-refractivity contribution in [1.82, 2.24) is 20.6 Å². The molecule has 1 aromatic rings. The number of Topliss-reactive ketones (excluding diaryl/α,β-unsaturated/α-hetero) is 2. The number of nitrogens with zero attached hydrogens (tertiary/aromatic N) is 1. The second-order valence-corrected chi connectivity index (χ2v) is 9.75. The fourth-order valence-electron chi connectivity index (χ4n) is 3.72. The first-order valence-electron chi connectivity index (χ1n) is 14.4. The molecule has 42 heavy (non-hydrogen) atoms. The number of hydrogen-bond donors (Lipinski definition) is 4. The first-order valence-corrected chi connectivity index (χ1v) is 14.4. The zero-order valence-electron chi connectivity index (χ0n) is 24.7. The first kappa shape index (κ1) is 36.8. The number of ether oxygens (including phenoxy) is 4. The molecule has 0 aliphatic carbocycles. The van der Waals surface area contributed by atoms with Crippen molar-refractivity contribution in [2.24, 2.45) is 11.7 Å². The van der Waals surface area contributed by atoms with E-state index < -0.39 is 11.8 Å². The monoisotopic (exact) mass is 597 g/mol. The van der Waals surface area contributed by atoms with E-state index in [1.165, 1.54) is 0 Å². The molecule has 1 aromatic heterocycles. The van der Waals surface area contributed by atoms with Crippen LogP contribution in [0.3, 0.4) is 0 Å². The summed E-state index contributed by atoms with van der Waals surface area (Å²) in [6.07, 6.45) is 7.16. The summed E-state index contributed by atoms with van der Waals surface area (Å²) in [7, 11) is 0. The lowest BCUT2D eigenvalue weighted by Crippen LogP contribution is -2.31. The topological polar surface area (TPSA) is 201 Å². The molecule has 0 saturated heterocycles. The number of amides is 3. The molecule has 238 valence electrons. The van der Waals surface area contributed by atoms with E-state index >= 15 is 0 Å². The maximum Gasteiger partial charge on any atom is 0.246 e. The van der Waals surface area contributed by atoms with Crippen LogP contribution in [-0.2, 0) is 49.3 Å². The zero-order valence-corrected chi connectivity index (χ0v) is 24.7. The van der Waals surface area contributed by atoms with Crippen LogP contribution >= 0.6 is 0 Å². The molecule has 1 rings (SSSR count). The molecular weight excluding hydrogens is 550 g/mol. The van der Waals surface area contributed by atoms with Gasteiger partial charge in [0.15, 0.2) is 0 Å². The lowest BCUT2D eigenvalue weighted by Gasteiger charge is -2.12. The number of rotatable bonds is 28. The summed E-state index contributed by atoms with van der Waals surface area (Å²) in [5.41, 5.74) is 6.33. The summed E-state index contributed by atoms with van der Waals surface area (Å²) >= 11 is 0. The Balaban J connectivity index is 1.92. The van der Waals surface area contributed by atoms with E-state index in [2.05, 4.69) is 20.6 Å². The van der Waals surface area contributed by atoms with Gasteiger partial charge in [-0.15, -0.1) is 0 Å². The minimum atomic E-state index is -0.513. The van der Waals surface area contributed by atoms with Crippen LogP contribution in [0.15, 0.2) is 12.5 Å². The Kier molecular flexibility index (Phi) is 21.4. The van der Waals surface area contributed by atoms with Gasteiger partial charge in [0.05, 0.1) is 39.4 Å². The Morgan fingerprint density at radius 2 is 1.48 bits per heavy atom. The van der Waals surface area contributed by atoms with Gasteiger partial charge in [-0.3, -0.25) is 19.2 Å². The fourth-order valence-corrected chi connectivity index (χ4v) is 3.72. The van der Waals surface area contributed by atoms with Gasteiger partial charge in [0.2, 0.25) is 17.7 Å². The quantitative estimate of drug-likeness (QED) is 0.0970. The van der Waals surface area contributed by atoms with E-state index in [4.69, 9.17) is 24.7 Å². The molecule has 0 bridgehead atoms. The largest absolute Gasteiger partial charge is 0.379 e. The summed E-state index contributed by atoms with van der Waals surface area (Å²) in [5.74, 6) is -1.41. The van der Waals surface area contributed by atoms with Crippen molar-refractivity contribution in [3.8, 4) is 0 Å². The van der Waals surface area contributed by atoms with Crippen LogP contribution in [0.4, 0.5) is 0 Å². The Morgan fingerprint density at radius 1 is 0.833 bits per heavy atom. The van der Waals surface area contributed by atoms with Gasteiger partial charge >= 0.3 is 0 Å². The predicted molar refractivity (Wildman–Crippen MR) is 152 cm³/mol. The van der Waals surface area contributed by atoms with E-state index in [1.54, 1.807) is 19.4 Å². The minimum absolute atomic E-state index is 0.0189. The first-order chi connectivity index (χ1) is 20.3. The third kappa shape index (κ3) is 21.5. The summed E-state index contributed by atoms with van der Waals surface area (Å²) in [4.78, 5) is 65.1. The average Bonchev–Trinajstić information content (AvgIpc) is 3.47. The molecule has 14 heteroatoms. The van der Waals surface area contributed by atoms with Gasteiger partial charge in [-0.1, -0.05) is 6.42 Å². The van der Waals surface area contributed by atoms with Crippen LogP contribution in [0, 0.1) is 5.92 Å². The van der Waals surface area contributed by atoms with E-state index in [0.717, 1.165) is 5.69 Å². The highest BCUT2D eigenvalue weighted by Gasteiger charge is 2.19. The highest BCUT2D eigenvalue weighted by atomic mass is 16.5. The van der Waals surface area contributed by atoms with Gasteiger partial charge in [0.1, 0.15) is 24.8 Å². The summed E-state index contributed by atoms with van der Waals surface area (Å²) in [6.45, 7) is 4.04. The highest BCUT2D eigenvalue weighted by molar-refractivity contribution is 5.86. The summed E-state index contributed by atoms with van der Waals surface area (Å²) < 4.78 is 21.2. The number of nitrogens with one attached hydrogen (secondary N) is 3. The molecule has 0 aromatic carbocycles. The number of nitrogens with two attached hydrogens (primary N) is 1. The van der Waals surface area contributed by atoms with Crippen molar-refractivity contribution in [3.05, 3.63) is 18.2 Å². The third-order valence-electron chi connectivity index (χ3n) is 6.00. The minimum Gasteiger partial charge on any atom is -0.379 e.